The van der Waals surface area contributed by atoms with Gasteiger partial charge in [-0.2, -0.15) is 5.26 Å². The third kappa shape index (κ3) is 3.75. The molecule has 0 aromatic carbocycles. The third-order valence-electron chi connectivity index (χ3n) is 2.39. The minimum absolute atomic E-state index is 0.243. The number of nitrogens with one attached hydrogen (secondary N) is 1. The van der Waals surface area contributed by atoms with E-state index in [1.165, 1.54) is 0 Å². The second-order valence-corrected chi connectivity index (χ2v) is 3.50. The summed E-state index contributed by atoms with van der Waals surface area (Å²) >= 11 is 0. The highest BCUT2D eigenvalue weighted by molar-refractivity contribution is 5.76. The van der Waals surface area contributed by atoms with Crippen LogP contribution in [0, 0.1) is 11.3 Å². The Morgan fingerprint density at radius 1 is 1.36 bits per heavy atom. The van der Waals surface area contributed by atoms with E-state index >= 15 is 0 Å². The molecule has 1 saturated heterocycles. The van der Waals surface area contributed by atoms with Crippen molar-refractivity contribution in [3.8, 4) is 6.07 Å². The molecule has 0 aromatic rings. The van der Waals surface area contributed by atoms with E-state index < -0.39 is 0 Å². The third-order valence-corrected chi connectivity index (χ3v) is 2.39. The van der Waals surface area contributed by atoms with E-state index in [1.807, 2.05) is 4.90 Å². The number of carbonyl (C=O) groups excluding carboxylic acids is 1. The van der Waals surface area contributed by atoms with Crippen molar-refractivity contribution in [1.82, 2.24) is 10.2 Å². The first-order chi connectivity index (χ1) is 6.84. The van der Waals surface area contributed by atoms with Crippen LogP contribution >= 0.6 is 0 Å². The fraction of sp³-hybridized carbons (Fsp3) is 0.800. The number of likely N-dealkylation sites (tertiary alicyclic amines) is 1. The standard InChI is InChI=1S/C10H17N3O/c11-5-3-6-12-7-4-10(14)13-8-1-2-9-13/h12H,1-4,6-9H2. The highest BCUT2D eigenvalue weighted by Gasteiger charge is 2.16. The monoisotopic (exact) mass is 195 g/mol. The first-order valence-electron chi connectivity index (χ1n) is 5.20. The molecule has 0 radical (unpaired) electrons. The van der Waals surface area contributed by atoms with Gasteiger partial charge in [-0.3, -0.25) is 4.79 Å². The summed E-state index contributed by atoms with van der Waals surface area (Å²) in [5.74, 6) is 0.243. The first-order valence-corrected chi connectivity index (χ1v) is 5.20. The van der Waals surface area contributed by atoms with Crippen molar-refractivity contribution in [2.45, 2.75) is 25.7 Å². The molecule has 0 saturated carbocycles. The lowest BCUT2D eigenvalue weighted by Gasteiger charge is -2.14. The molecular formula is C10H17N3O. The van der Waals surface area contributed by atoms with Crippen LogP contribution in [0.25, 0.3) is 0 Å². The van der Waals surface area contributed by atoms with Crippen molar-refractivity contribution in [3.05, 3.63) is 0 Å². The normalized spacial score (nSPS) is 15.5. The zero-order valence-electron chi connectivity index (χ0n) is 8.46. The summed E-state index contributed by atoms with van der Waals surface area (Å²) in [6.45, 7) is 3.23. The van der Waals surface area contributed by atoms with Crippen LogP contribution in [0.15, 0.2) is 0 Å². The number of amides is 1. The first kappa shape index (κ1) is 11.0. The van der Waals surface area contributed by atoms with Gasteiger partial charge in [0.1, 0.15) is 0 Å². The van der Waals surface area contributed by atoms with Gasteiger partial charge in [-0.1, -0.05) is 0 Å². The minimum Gasteiger partial charge on any atom is -0.343 e. The van der Waals surface area contributed by atoms with Crippen LogP contribution in [0.1, 0.15) is 25.7 Å². The van der Waals surface area contributed by atoms with Gasteiger partial charge in [0.15, 0.2) is 0 Å². The number of nitrogens with zero attached hydrogens (tertiary/aromatic N) is 2. The molecule has 0 atom stereocenters. The predicted octanol–water partition coefficient (Wildman–Crippen LogP) is 0.502. The summed E-state index contributed by atoms with van der Waals surface area (Å²) < 4.78 is 0. The molecule has 1 N–H and O–H groups in total. The minimum atomic E-state index is 0.243. The number of hydrogen-bond donors (Lipinski definition) is 1. The van der Waals surface area contributed by atoms with Gasteiger partial charge in [0.25, 0.3) is 0 Å². The lowest BCUT2D eigenvalue weighted by Crippen LogP contribution is -2.30. The van der Waals surface area contributed by atoms with Gasteiger partial charge in [-0.15, -0.1) is 0 Å². The maximum Gasteiger partial charge on any atom is 0.223 e. The Labute approximate surface area is 84.9 Å². The Bertz CT molecular complexity index is 216. The van der Waals surface area contributed by atoms with E-state index in [4.69, 9.17) is 5.26 Å². The van der Waals surface area contributed by atoms with E-state index in [9.17, 15) is 4.79 Å². The smallest absolute Gasteiger partial charge is 0.223 e. The predicted molar refractivity (Wildman–Crippen MR) is 53.5 cm³/mol. The molecule has 78 valence electrons. The second kappa shape index (κ2) is 6.39. The average molecular weight is 195 g/mol. The van der Waals surface area contributed by atoms with Crippen molar-refractivity contribution in [2.75, 3.05) is 26.2 Å². The van der Waals surface area contributed by atoms with Crippen molar-refractivity contribution in [2.24, 2.45) is 0 Å². The second-order valence-electron chi connectivity index (χ2n) is 3.50. The molecule has 0 unspecified atom stereocenters. The molecule has 4 heteroatoms. The molecule has 1 aliphatic heterocycles. The van der Waals surface area contributed by atoms with Gasteiger partial charge >= 0.3 is 0 Å². The number of hydrogen-bond acceptors (Lipinski definition) is 3. The van der Waals surface area contributed by atoms with E-state index in [0.717, 1.165) is 25.9 Å². The largest absolute Gasteiger partial charge is 0.343 e. The summed E-state index contributed by atoms with van der Waals surface area (Å²) in [6, 6.07) is 2.05. The zero-order chi connectivity index (χ0) is 10.2. The van der Waals surface area contributed by atoms with Gasteiger partial charge in [-0.25, -0.2) is 0 Å². The fourth-order valence-electron chi connectivity index (χ4n) is 1.59. The van der Waals surface area contributed by atoms with Crippen LogP contribution in [-0.2, 0) is 4.79 Å². The molecule has 1 amide bonds. The Balaban J connectivity index is 2.00. The Hall–Kier alpha value is -1.08. The van der Waals surface area contributed by atoms with Crippen LogP contribution in [-0.4, -0.2) is 37.0 Å². The van der Waals surface area contributed by atoms with Gasteiger partial charge in [0.2, 0.25) is 5.91 Å². The summed E-state index contributed by atoms with van der Waals surface area (Å²) in [4.78, 5) is 13.4. The Morgan fingerprint density at radius 2 is 2.07 bits per heavy atom. The summed E-state index contributed by atoms with van der Waals surface area (Å²) in [6.07, 6.45) is 3.37. The van der Waals surface area contributed by atoms with Crippen LogP contribution < -0.4 is 5.32 Å². The molecule has 1 heterocycles. The Kier molecular flexibility index (Phi) is 5.02. The van der Waals surface area contributed by atoms with Crippen LogP contribution in [0.3, 0.4) is 0 Å². The van der Waals surface area contributed by atoms with Crippen molar-refractivity contribution in [3.63, 3.8) is 0 Å². The topological polar surface area (TPSA) is 56.1 Å². The van der Waals surface area contributed by atoms with Crippen molar-refractivity contribution in [1.29, 1.82) is 5.26 Å². The average Bonchev–Trinajstić information content (AvgIpc) is 2.70. The lowest BCUT2D eigenvalue weighted by atomic mass is 10.3. The van der Waals surface area contributed by atoms with Gasteiger partial charge < -0.3 is 10.2 Å². The molecule has 1 aliphatic rings. The van der Waals surface area contributed by atoms with Gasteiger partial charge in [0, 0.05) is 39.0 Å². The Morgan fingerprint density at radius 3 is 2.71 bits per heavy atom. The van der Waals surface area contributed by atoms with E-state index in [-0.39, 0.29) is 5.91 Å². The zero-order valence-corrected chi connectivity index (χ0v) is 8.46. The highest BCUT2D eigenvalue weighted by atomic mass is 16.2. The maximum atomic E-state index is 11.5. The van der Waals surface area contributed by atoms with Crippen LogP contribution in [0.4, 0.5) is 0 Å². The quantitative estimate of drug-likeness (QED) is 0.650. The number of nitriles is 1. The summed E-state index contributed by atoms with van der Waals surface area (Å²) in [7, 11) is 0. The molecule has 0 bridgehead atoms. The molecule has 4 nitrogen and oxygen atoms in total. The number of carbonyl (C=O) groups is 1. The van der Waals surface area contributed by atoms with E-state index in [1.54, 1.807) is 0 Å². The van der Waals surface area contributed by atoms with Crippen molar-refractivity contribution < 1.29 is 4.79 Å². The fourth-order valence-corrected chi connectivity index (χ4v) is 1.59. The molecule has 1 rings (SSSR count). The number of rotatable bonds is 5. The van der Waals surface area contributed by atoms with E-state index in [0.29, 0.717) is 25.9 Å². The van der Waals surface area contributed by atoms with Crippen LogP contribution in [0.2, 0.25) is 0 Å². The molecule has 0 aromatic heterocycles. The SMILES string of the molecule is N#CCCNCCC(=O)N1CCCC1. The van der Waals surface area contributed by atoms with Crippen LogP contribution in [0.5, 0.6) is 0 Å². The summed E-state index contributed by atoms with van der Waals surface area (Å²) in [5, 5.41) is 11.4. The molecule has 0 aliphatic carbocycles. The molecule has 0 spiro atoms. The van der Waals surface area contributed by atoms with Gasteiger partial charge in [-0.05, 0) is 12.8 Å². The maximum absolute atomic E-state index is 11.5. The lowest BCUT2D eigenvalue weighted by molar-refractivity contribution is -0.130. The highest BCUT2D eigenvalue weighted by Crippen LogP contribution is 2.08. The molecular weight excluding hydrogens is 178 g/mol. The van der Waals surface area contributed by atoms with E-state index in [2.05, 4.69) is 11.4 Å². The van der Waals surface area contributed by atoms with Gasteiger partial charge in [0.05, 0.1) is 6.07 Å². The summed E-state index contributed by atoms with van der Waals surface area (Å²) in [5.41, 5.74) is 0. The molecule has 1 fully saturated rings. The van der Waals surface area contributed by atoms with Crippen molar-refractivity contribution >= 4 is 5.91 Å². The molecule has 14 heavy (non-hydrogen) atoms.